The number of nitrogens with zero attached hydrogens (tertiary/aromatic N) is 3. The standard InChI is InChI=1S/C21H28N4O3S/c26-19(25(16-8-3-1-4-9-16)17-10-5-2-6-11-17)15-29-21-23-22-20(27)24(21)14-18-12-7-13-28-18/h1,3-4,8-9,17-18H,2,5-7,10-15H2,(H,22,27)/t18-/m0/s1. The summed E-state index contributed by atoms with van der Waals surface area (Å²) in [6, 6.07) is 10.2. The first-order valence-electron chi connectivity index (χ1n) is 10.5. The van der Waals surface area contributed by atoms with Crippen molar-refractivity contribution in [2.45, 2.75) is 68.8 Å². The van der Waals surface area contributed by atoms with Gasteiger partial charge in [-0.25, -0.2) is 9.89 Å². The fourth-order valence-corrected chi connectivity index (χ4v) is 5.06. The van der Waals surface area contributed by atoms with E-state index in [1.807, 2.05) is 35.2 Å². The maximum atomic E-state index is 13.2. The van der Waals surface area contributed by atoms with E-state index in [4.69, 9.17) is 4.74 Å². The molecule has 2 fully saturated rings. The quantitative estimate of drug-likeness (QED) is 0.701. The summed E-state index contributed by atoms with van der Waals surface area (Å²) in [4.78, 5) is 27.3. The van der Waals surface area contributed by atoms with Gasteiger partial charge in [-0.2, -0.15) is 0 Å². The zero-order chi connectivity index (χ0) is 20.1. The third-order valence-corrected chi connectivity index (χ3v) is 6.66. The lowest BCUT2D eigenvalue weighted by Gasteiger charge is -2.34. The molecule has 1 aromatic heterocycles. The third-order valence-electron chi connectivity index (χ3n) is 5.70. The van der Waals surface area contributed by atoms with E-state index in [2.05, 4.69) is 10.2 Å². The number of hydrogen-bond acceptors (Lipinski definition) is 5. The van der Waals surface area contributed by atoms with Crippen LogP contribution in [0.3, 0.4) is 0 Å². The number of ether oxygens (including phenoxy) is 1. The lowest BCUT2D eigenvalue weighted by Crippen LogP contribution is -2.42. The first kappa shape index (κ1) is 20.2. The van der Waals surface area contributed by atoms with E-state index in [0.717, 1.165) is 50.8 Å². The van der Waals surface area contributed by atoms with Crippen molar-refractivity contribution in [2.24, 2.45) is 0 Å². The number of nitrogens with one attached hydrogen (secondary N) is 1. The number of para-hydroxylation sites is 1. The molecule has 1 saturated heterocycles. The van der Waals surface area contributed by atoms with Crippen LogP contribution < -0.4 is 10.6 Å². The van der Waals surface area contributed by atoms with Crippen LogP contribution in [0.1, 0.15) is 44.9 Å². The van der Waals surface area contributed by atoms with Crippen molar-refractivity contribution in [1.29, 1.82) is 0 Å². The molecule has 1 saturated carbocycles. The second-order valence-corrected chi connectivity index (χ2v) is 8.68. The Morgan fingerprint density at radius 2 is 1.97 bits per heavy atom. The monoisotopic (exact) mass is 416 g/mol. The number of hydrogen-bond donors (Lipinski definition) is 1. The van der Waals surface area contributed by atoms with Crippen LogP contribution in [-0.2, 0) is 16.1 Å². The van der Waals surface area contributed by atoms with E-state index in [9.17, 15) is 9.59 Å². The van der Waals surface area contributed by atoms with Crippen LogP contribution in [-0.4, -0.2) is 45.2 Å². The van der Waals surface area contributed by atoms with Gasteiger partial charge in [-0.05, 0) is 37.8 Å². The SMILES string of the molecule is O=C(CSc1n[nH]c(=O)n1C[C@@H]1CCCO1)N(c1ccccc1)C1CCCCC1. The number of rotatable bonds is 7. The summed E-state index contributed by atoms with van der Waals surface area (Å²) in [5.41, 5.74) is 0.700. The maximum Gasteiger partial charge on any atom is 0.344 e. The van der Waals surface area contributed by atoms with Gasteiger partial charge < -0.3 is 9.64 Å². The van der Waals surface area contributed by atoms with Crippen molar-refractivity contribution >= 4 is 23.4 Å². The molecule has 8 heteroatoms. The molecule has 1 atom stereocenters. The Balaban J connectivity index is 1.46. The molecule has 0 spiro atoms. The van der Waals surface area contributed by atoms with Gasteiger partial charge in [0.15, 0.2) is 5.16 Å². The number of benzene rings is 1. The molecule has 2 aliphatic rings. The molecule has 1 amide bonds. The van der Waals surface area contributed by atoms with E-state index in [0.29, 0.717) is 11.7 Å². The Morgan fingerprint density at radius 1 is 1.17 bits per heavy atom. The Bertz CT molecular complexity index is 854. The van der Waals surface area contributed by atoms with Gasteiger partial charge in [0.05, 0.1) is 18.4 Å². The fraction of sp³-hybridized carbons (Fsp3) is 0.571. The largest absolute Gasteiger partial charge is 0.376 e. The van der Waals surface area contributed by atoms with E-state index in [1.165, 1.54) is 18.2 Å². The predicted octanol–water partition coefficient (Wildman–Crippen LogP) is 3.21. The summed E-state index contributed by atoms with van der Waals surface area (Å²) in [6.07, 6.45) is 7.65. The van der Waals surface area contributed by atoms with Gasteiger partial charge in [0.1, 0.15) is 0 Å². The average molecular weight is 417 g/mol. The summed E-state index contributed by atoms with van der Waals surface area (Å²) in [5.74, 6) is 0.313. The van der Waals surface area contributed by atoms with Crippen LogP contribution in [0.2, 0.25) is 0 Å². The normalized spacial score (nSPS) is 20.1. The number of amides is 1. The fourth-order valence-electron chi connectivity index (χ4n) is 4.25. The number of aromatic nitrogens is 3. The highest BCUT2D eigenvalue weighted by atomic mass is 32.2. The first-order chi connectivity index (χ1) is 14.2. The van der Waals surface area contributed by atoms with E-state index < -0.39 is 0 Å². The lowest BCUT2D eigenvalue weighted by atomic mass is 9.93. The van der Waals surface area contributed by atoms with Crippen molar-refractivity contribution in [3.63, 3.8) is 0 Å². The van der Waals surface area contributed by atoms with Crippen molar-refractivity contribution in [1.82, 2.24) is 14.8 Å². The van der Waals surface area contributed by atoms with Crippen molar-refractivity contribution in [2.75, 3.05) is 17.3 Å². The van der Waals surface area contributed by atoms with Crippen molar-refractivity contribution in [3.05, 3.63) is 40.8 Å². The maximum absolute atomic E-state index is 13.2. The number of carbonyl (C=O) groups excluding carboxylic acids is 1. The van der Waals surface area contributed by atoms with Crippen LogP contribution in [0, 0.1) is 0 Å². The van der Waals surface area contributed by atoms with E-state index >= 15 is 0 Å². The molecule has 2 aromatic rings. The molecule has 1 N–H and O–H groups in total. The molecular weight excluding hydrogens is 388 g/mol. The zero-order valence-corrected chi connectivity index (χ0v) is 17.4. The van der Waals surface area contributed by atoms with Gasteiger partial charge in [0, 0.05) is 18.3 Å². The van der Waals surface area contributed by atoms with Crippen LogP contribution in [0.15, 0.2) is 40.3 Å². The number of carbonyl (C=O) groups is 1. The number of anilines is 1. The average Bonchev–Trinajstić information content (AvgIpc) is 3.39. The van der Waals surface area contributed by atoms with Gasteiger partial charge in [0.2, 0.25) is 5.91 Å². The predicted molar refractivity (Wildman–Crippen MR) is 113 cm³/mol. The van der Waals surface area contributed by atoms with Gasteiger partial charge in [-0.1, -0.05) is 49.2 Å². The van der Waals surface area contributed by atoms with E-state index in [1.54, 1.807) is 4.57 Å². The smallest absolute Gasteiger partial charge is 0.344 e. The van der Waals surface area contributed by atoms with Crippen LogP contribution in [0.4, 0.5) is 5.69 Å². The number of aromatic amines is 1. The molecule has 7 nitrogen and oxygen atoms in total. The Kier molecular flexibility index (Phi) is 6.71. The molecule has 1 aliphatic heterocycles. The molecule has 29 heavy (non-hydrogen) atoms. The highest BCUT2D eigenvalue weighted by Crippen LogP contribution is 2.29. The molecule has 156 valence electrons. The number of thioether (sulfide) groups is 1. The highest BCUT2D eigenvalue weighted by molar-refractivity contribution is 7.99. The van der Waals surface area contributed by atoms with Gasteiger partial charge in [-0.3, -0.25) is 9.36 Å². The van der Waals surface area contributed by atoms with Crippen molar-refractivity contribution in [3.8, 4) is 0 Å². The Morgan fingerprint density at radius 3 is 2.69 bits per heavy atom. The molecule has 4 rings (SSSR count). The van der Waals surface area contributed by atoms with Crippen LogP contribution >= 0.6 is 11.8 Å². The zero-order valence-electron chi connectivity index (χ0n) is 16.6. The number of H-pyrrole nitrogens is 1. The summed E-state index contributed by atoms with van der Waals surface area (Å²) in [7, 11) is 0. The minimum Gasteiger partial charge on any atom is -0.376 e. The second kappa shape index (κ2) is 9.63. The van der Waals surface area contributed by atoms with Gasteiger partial charge >= 0.3 is 5.69 Å². The molecule has 0 radical (unpaired) electrons. The van der Waals surface area contributed by atoms with Crippen LogP contribution in [0.5, 0.6) is 0 Å². The molecule has 0 unspecified atom stereocenters. The molecule has 0 bridgehead atoms. The summed E-state index contributed by atoms with van der Waals surface area (Å²) >= 11 is 1.32. The first-order valence-corrected chi connectivity index (χ1v) is 11.5. The minimum absolute atomic E-state index is 0.0448. The van der Waals surface area contributed by atoms with Crippen molar-refractivity contribution < 1.29 is 9.53 Å². The van der Waals surface area contributed by atoms with Gasteiger partial charge in [-0.15, -0.1) is 5.10 Å². The summed E-state index contributed by atoms with van der Waals surface area (Å²) in [5, 5.41) is 7.20. The third kappa shape index (κ3) is 4.93. The second-order valence-electron chi connectivity index (χ2n) is 7.74. The van der Waals surface area contributed by atoms with Crippen LogP contribution in [0.25, 0.3) is 0 Å². The summed E-state index contributed by atoms with van der Waals surface area (Å²) in [6.45, 7) is 1.22. The topological polar surface area (TPSA) is 80.2 Å². The Labute approximate surface area is 174 Å². The lowest BCUT2D eigenvalue weighted by molar-refractivity contribution is -0.116. The highest BCUT2D eigenvalue weighted by Gasteiger charge is 2.27. The molecule has 1 aliphatic carbocycles. The van der Waals surface area contributed by atoms with Gasteiger partial charge in [0.25, 0.3) is 0 Å². The minimum atomic E-state index is -0.248. The summed E-state index contributed by atoms with van der Waals surface area (Å²) < 4.78 is 7.25. The van der Waals surface area contributed by atoms with E-state index in [-0.39, 0.29) is 29.5 Å². The molecular formula is C21H28N4O3S. The Hall–Kier alpha value is -2.06. The molecule has 2 heterocycles. The molecule has 1 aromatic carbocycles.